The summed E-state index contributed by atoms with van der Waals surface area (Å²) in [6.45, 7) is 7.33. The molecule has 18 heavy (non-hydrogen) atoms. The summed E-state index contributed by atoms with van der Waals surface area (Å²) < 4.78 is 10.7. The van der Waals surface area contributed by atoms with Crippen LogP contribution in [-0.4, -0.2) is 20.8 Å². The van der Waals surface area contributed by atoms with Crippen molar-refractivity contribution in [3.63, 3.8) is 0 Å². The third-order valence-electron chi connectivity index (χ3n) is 2.94. The molecule has 4 heteroatoms. The van der Waals surface area contributed by atoms with Crippen molar-refractivity contribution in [3.8, 4) is 11.5 Å². The second-order valence-electron chi connectivity index (χ2n) is 4.48. The zero-order chi connectivity index (χ0) is 13.7. The van der Waals surface area contributed by atoms with Crippen molar-refractivity contribution in [2.24, 2.45) is 5.92 Å². The summed E-state index contributed by atoms with van der Waals surface area (Å²) in [4.78, 5) is 0. The highest BCUT2D eigenvalue weighted by molar-refractivity contribution is 6.33. The Balaban J connectivity index is 3.25. The second kappa shape index (κ2) is 6.86. The third kappa shape index (κ3) is 3.09. The fraction of sp³-hybridized carbons (Fsp3) is 0.571. The van der Waals surface area contributed by atoms with E-state index in [2.05, 4.69) is 26.1 Å². The predicted octanol–water partition coefficient (Wildman–Crippen LogP) is 3.66. The van der Waals surface area contributed by atoms with Crippen LogP contribution in [0, 0.1) is 5.92 Å². The molecule has 0 heterocycles. The normalized spacial score (nSPS) is 12.6. The van der Waals surface area contributed by atoms with Gasteiger partial charge < -0.3 is 14.8 Å². The molecule has 102 valence electrons. The zero-order valence-corrected chi connectivity index (χ0v) is 12.5. The maximum atomic E-state index is 6.29. The molecular weight excluding hydrogens is 250 g/mol. The minimum atomic E-state index is 0.216. The SMILES string of the molecule is CCNC(c1ccc(OC)c(Cl)c1OC)C(C)C. The largest absolute Gasteiger partial charge is 0.495 e. The molecule has 0 saturated heterocycles. The number of methoxy groups -OCH3 is 2. The van der Waals surface area contributed by atoms with Gasteiger partial charge in [-0.3, -0.25) is 0 Å². The first-order chi connectivity index (χ1) is 8.56. The summed E-state index contributed by atoms with van der Waals surface area (Å²) in [5.41, 5.74) is 1.07. The predicted molar refractivity (Wildman–Crippen MR) is 75.8 cm³/mol. The van der Waals surface area contributed by atoms with Crippen molar-refractivity contribution in [3.05, 3.63) is 22.7 Å². The number of hydrogen-bond donors (Lipinski definition) is 1. The van der Waals surface area contributed by atoms with Gasteiger partial charge in [0.1, 0.15) is 16.5 Å². The fourth-order valence-electron chi connectivity index (χ4n) is 2.09. The Morgan fingerprint density at radius 2 is 1.89 bits per heavy atom. The lowest BCUT2D eigenvalue weighted by atomic mass is 9.95. The minimum Gasteiger partial charge on any atom is -0.495 e. The standard InChI is InChI=1S/C14H22ClNO2/c1-6-16-13(9(2)3)10-7-8-11(17-4)12(15)14(10)18-5/h7-9,13,16H,6H2,1-5H3. The van der Waals surface area contributed by atoms with E-state index in [4.69, 9.17) is 21.1 Å². The van der Waals surface area contributed by atoms with Crippen LogP contribution in [0.25, 0.3) is 0 Å². The Kier molecular flexibility index (Phi) is 5.76. The molecule has 1 N–H and O–H groups in total. The quantitative estimate of drug-likeness (QED) is 0.856. The van der Waals surface area contributed by atoms with E-state index in [9.17, 15) is 0 Å². The Morgan fingerprint density at radius 3 is 2.33 bits per heavy atom. The highest BCUT2D eigenvalue weighted by atomic mass is 35.5. The Hall–Kier alpha value is -0.930. The van der Waals surface area contributed by atoms with Crippen LogP contribution in [0.4, 0.5) is 0 Å². The van der Waals surface area contributed by atoms with Gasteiger partial charge in [0, 0.05) is 11.6 Å². The molecule has 1 atom stereocenters. The van der Waals surface area contributed by atoms with E-state index < -0.39 is 0 Å². The highest BCUT2D eigenvalue weighted by Crippen LogP contribution is 2.40. The van der Waals surface area contributed by atoms with E-state index in [-0.39, 0.29) is 6.04 Å². The van der Waals surface area contributed by atoms with Gasteiger partial charge in [0.2, 0.25) is 0 Å². The van der Waals surface area contributed by atoms with Crippen molar-refractivity contribution in [1.29, 1.82) is 0 Å². The van der Waals surface area contributed by atoms with E-state index in [0.29, 0.717) is 22.4 Å². The molecule has 1 aromatic rings. The van der Waals surface area contributed by atoms with Crippen LogP contribution in [-0.2, 0) is 0 Å². The Labute approximate surface area is 114 Å². The first-order valence-corrected chi connectivity index (χ1v) is 6.58. The molecule has 1 aromatic carbocycles. The topological polar surface area (TPSA) is 30.5 Å². The Bertz CT molecular complexity index is 394. The molecule has 0 aliphatic rings. The molecule has 0 amide bonds. The molecule has 0 aromatic heterocycles. The van der Waals surface area contributed by atoms with Crippen LogP contribution in [0.3, 0.4) is 0 Å². The molecule has 1 rings (SSSR count). The van der Waals surface area contributed by atoms with Gasteiger partial charge in [0.25, 0.3) is 0 Å². The third-order valence-corrected chi connectivity index (χ3v) is 3.30. The summed E-state index contributed by atoms with van der Waals surface area (Å²) in [5.74, 6) is 1.77. The molecular formula is C14H22ClNO2. The summed E-state index contributed by atoms with van der Waals surface area (Å²) in [7, 11) is 3.23. The van der Waals surface area contributed by atoms with Crippen molar-refractivity contribution in [2.45, 2.75) is 26.8 Å². The van der Waals surface area contributed by atoms with Crippen molar-refractivity contribution in [1.82, 2.24) is 5.32 Å². The van der Waals surface area contributed by atoms with Crippen LogP contribution < -0.4 is 14.8 Å². The lowest BCUT2D eigenvalue weighted by Gasteiger charge is -2.25. The first kappa shape index (κ1) is 15.1. The summed E-state index contributed by atoms with van der Waals surface area (Å²) in [5, 5.41) is 3.99. The fourth-order valence-corrected chi connectivity index (χ4v) is 2.41. The molecule has 1 unspecified atom stereocenters. The van der Waals surface area contributed by atoms with Gasteiger partial charge in [-0.2, -0.15) is 0 Å². The van der Waals surface area contributed by atoms with Crippen molar-refractivity contribution in [2.75, 3.05) is 20.8 Å². The average Bonchev–Trinajstić information content (AvgIpc) is 2.35. The number of nitrogens with one attached hydrogen (secondary N) is 1. The van der Waals surface area contributed by atoms with Crippen molar-refractivity contribution >= 4 is 11.6 Å². The van der Waals surface area contributed by atoms with Gasteiger partial charge in [0.05, 0.1) is 14.2 Å². The van der Waals surface area contributed by atoms with Crippen molar-refractivity contribution < 1.29 is 9.47 Å². The maximum absolute atomic E-state index is 6.29. The second-order valence-corrected chi connectivity index (χ2v) is 4.86. The summed E-state index contributed by atoms with van der Waals surface area (Å²) >= 11 is 6.29. The molecule has 0 aliphatic carbocycles. The van der Waals surface area contributed by atoms with E-state index >= 15 is 0 Å². The lowest BCUT2D eigenvalue weighted by molar-refractivity contribution is 0.366. The minimum absolute atomic E-state index is 0.216. The van der Waals surface area contributed by atoms with E-state index in [1.165, 1.54) is 0 Å². The van der Waals surface area contributed by atoms with Gasteiger partial charge in [-0.1, -0.05) is 32.4 Å². The number of benzene rings is 1. The molecule has 0 fully saturated rings. The summed E-state index contributed by atoms with van der Waals surface area (Å²) in [6.07, 6.45) is 0. The lowest BCUT2D eigenvalue weighted by Crippen LogP contribution is -2.26. The molecule has 0 spiro atoms. The number of hydrogen-bond acceptors (Lipinski definition) is 3. The average molecular weight is 272 g/mol. The smallest absolute Gasteiger partial charge is 0.146 e. The molecule has 0 aliphatic heterocycles. The van der Waals surface area contributed by atoms with Gasteiger partial charge in [-0.25, -0.2) is 0 Å². The van der Waals surface area contributed by atoms with Gasteiger partial charge in [-0.05, 0) is 24.6 Å². The van der Waals surface area contributed by atoms with Crippen LogP contribution in [0.5, 0.6) is 11.5 Å². The van der Waals surface area contributed by atoms with Crippen LogP contribution in [0.15, 0.2) is 12.1 Å². The molecule has 0 radical (unpaired) electrons. The Morgan fingerprint density at radius 1 is 1.22 bits per heavy atom. The number of ether oxygens (including phenoxy) is 2. The molecule has 0 saturated carbocycles. The van der Waals surface area contributed by atoms with Gasteiger partial charge >= 0.3 is 0 Å². The summed E-state index contributed by atoms with van der Waals surface area (Å²) in [6, 6.07) is 4.11. The van der Waals surface area contributed by atoms with Crippen LogP contribution in [0.1, 0.15) is 32.4 Å². The van der Waals surface area contributed by atoms with E-state index in [1.807, 2.05) is 12.1 Å². The van der Waals surface area contributed by atoms with Crippen LogP contribution in [0.2, 0.25) is 5.02 Å². The number of halogens is 1. The monoisotopic (exact) mass is 271 g/mol. The number of rotatable bonds is 6. The zero-order valence-electron chi connectivity index (χ0n) is 11.7. The van der Waals surface area contributed by atoms with Gasteiger partial charge in [-0.15, -0.1) is 0 Å². The van der Waals surface area contributed by atoms with Crippen LogP contribution >= 0.6 is 11.6 Å². The van der Waals surface area contributed by atoms with E-state index in [0.717, 1.165) is 12.1 Å². The van der Waals surface area contributed by atoms with E-state index in [1.54, 1.807) is 14.2 Å². The first-order valence-electron chi connectivity index (χ1n) is 6.20. The highest BCUT2D eigenvalue weighted by Gasteiger charge is 2.22. The maximum Gasteiger partial charge on any atom is 0.146 e. The molecule has 0 bridgehead atoms. The van der Waals surface area contributed by atoms with Gasteiger partial charge in [0.15, 0.2) is 0 Å². The molecule has 3 nitrogen and oxygen atoms in total.